The predicted octanol–water partition coefficient (Wildman–Crippen LogP) is 4.43. The summed E-state index contributed by atoms with van der Waals surface area (Å²) >= 11 is 1.56. The van der Waals surface area contributed by atoms with Gasteiger partial charge in [-0.2, -0.15) is 0 Å². The molecule has 0 amide bonds. The van der Waals surface area contributed by atoms with Crippen molar-refractivity contribution >= 4 is 27.2 Å². The Labute approximate surface area is 150 Å². The molecule has 25 heavy (non-hydrogen) atoms. The molecule has 3 nitrogen and oxygen atoms in total. The highest BCUT2D eigenvalue weighted by Crippen LogP contribution is 2.49. The van der Waals surface area contributed by atoms with Gasteiger partial charge in [0.1, 0.15) is 6.10 Å². The Bertz CT molecular complexity index is 922. The van der Waals surface area contributed by atoms with Crippen molar-refractivity contribution in [2.75, 3.05) is 13.1 Å². The number of thiophene rings is 1. The lowest BCUT2D eigenvalue weighted by Crippen LogP contribution is -2.40. The number of benzene rings is 2. The lowest BCUT2D eigenvalue weighted by molar-refractivity contribution is -0.0805. The van der Waals surface area contributed by atoms with Crippen LogP contribution in [0.3, 0.4) is 0 Å². The fourth-order valence-corrected chi connectivity index (χ4v) is 5.16. The van der Waals surface area contributed by atoms with Crippen LogP contribution in [0.1, 0.15) is 39.7 Å². The van der Waals surface area contributed by atoms with Crippen LogP contribution < -0.4 is 5.32 Å². The number of ketones is 1. The first-order valence-corrected chi connectivity index (χ1v) is 9.59. The van der Waals surface area contributed by atoms with Crippen LogP contribution in [0.15, 0.2) is 54.6 Å². The van der Waals surface area contributed by atoms with E-state index in [1.807, 2.05) is 24.3 Å². The Morgan fingerprint density at radius 1 is 1.08 bits per heavy atom. The number of rotatable bonds is 2. The molecule has 4 heteroatoms. The van der Waals surface area contributed by atoms with E-state index in [1.54, 1.807) is 11.3 Å². The first kappa shape index (κ1) is 15.3. The highest BCUT2D eigenvalue weighted by molar-refractivity contribution is 7.20. The summed E-state index contributed by atoms with van der Waals surface area (Å²) < 4.78 is 7.64. The van der Waals surface area contributed by atoms with Crippen LogP contribution in [0.25, 0.3) is 10.1 Å². The maximum Gasteiger partial charge on any atom is 0.206 e. The maximum atomic E-state index is 13.3. The average Bonchev–Trinajstić information content (AvgIpc) is 3.23. The zero-order valence-electron chi connectivity index (χ0n) is 13.8. The minimum absolute atomic E-state index is 0.0871. The standard InChI is InChI=1S/C21H19NO2S/c23-19(18-13-14-5-1-4-8-17(14)25-18)20-15-6-2-3-7-16(15)21(24-20)9-11-22-12-10-21/h1-8,13,20,22H,9-12H2/t20-/m1/s1. The van der Waals surface area contributed by atoms with Gasteiger partial charge in [0.15, 0.2) is 0 Å². The molecule has 1 N–H and O–H groups in total. The fourth-order valence-electron chi connectivity index (χ4n) is 4.14. The Morgan fingerprint density at radius 3 is 2.68 bits per heavy atom. The maximum absolute atomic E-state index is 13.3. The van der Waals surface area contributed by atoms with Gasteiger partial charge in [-0.1, -0.05) is 42.5 Å². The molecule has 0 radical (unpaired) electrons. The van der Waals surface area contributed by atoms with Crippen LogP contribution in [-0.2, 0) is 10.3 Å². The van der Waals surface area contributed by atoms with Gasteiger partial charge in [0.2, 0.25) is 5.78 Å². The normalized spacial score (nSPS) is 21.5. The minimum atomic E-state index is -0.484. The number of carbonyl (C=O) groups excluding carboxylic acids is 1. The quantitative estimate of drug-likeness (QED) is 0.696. The molecule has 1 spiro atoms. The third-order valence-electron chi connectivity index (χ3n) is 5.40. The van der Waals surface area contributed by atoms with Crippen molar-refractivity contribution in [1.29, 1.82) is 0 Å². The van der Waals surface area contributed by atoms with Gasteiger partial charge >= 0.3 is 0 Å². The summed E-state index contributed by atoms with van der Waals surface area (Å²) in [5.74, 6) is 0.0871. The number of fused-ring (bicyclic) bond motifs is 3. The SMILES string of the molecule is O=C(c1cc2ccccc2s1)[C@@H]1OC2(CCNCC2)c2ccccc21. The molecule has 3 heterocycles. The second-order valence-electron chi connectivity index (χ2n) is 6.84. The van der Waals surface area contributed by atoms with Gasteiger partial charge in [-0.05, 0) is 54.6 Å². The lowest BCUT2D eigenvalue weighted by atomic mass is 9.84. The molecule has 0 bridgehead atoms. The van der Waals surface area contributed by atoms with Crippen LogP contribution in [0, 0.1) is 0 Å². The number of nitrogens with one attached hydrogen (secondary N) is 1. The Morgan fingerprint density at radius 2 is 1.84 bits per heavy atom. The Hall–Kier alpha value is -2.01. The molecule has 0 aliphatic carbocycles. The Balaban J connectivity index is 1.56. The molecule has 1 aromatic heterocycles. The Kier molecular flexibility index (Phi) is 3.52. The smallest absolute Gasteiger partial charge is 0.206 e. The lowest BCUT2D eigenvalue weighted by Gasteiger charge is -2.34. The van der Waals surface area contributed by atoms with Gasteiger partial charge in [0.25, 0.3) is 0 Å². The van der Waals surface area contributed by atoms with Crippen molar-refractivity contribution in [2.24, 2.45) is 0 Å². The summed E-state index contributed by atoms with van der Waals surface area (Å²) in [5.41, 5.74) is 1.95. The zero-order valence-corrected chi connectivity index (χ0v) is 14.6. The number of carbonyl (C=O) groups is 1. The van der Waals surface area contributed by atoms with Crippen LogP contribution >= 0.6 is 11.3 Å². The minimum Gasteiger partial charge on any atom is -0.354 e. The van der Waals surface area contributed by atoms with E-state index in [0.717, 1.165) is 46.5 Å². The van der Waals surface area contributed by atoms with Gasteiger partial charge in [-0.25, -0.2) is 0 Å². The van der Waals surface area contributed by atoms with Crippen molar-refractivity contribution < 1.29 is 9.53 Å². The molecule has 1 fully saturated rings. The number of Topliss-reactive ketones (excluding diaryl/α,β-unsaturated/α-hetero) is 1. The van der Waals surface area contributed by atoms with Crippen LogP contribution in [-0.4, -0.2) is 18.9 Å². The van der Waals surface area contributed by atoms with Crippen molar-refractivity contribution in [3.05, 3.63) is 70.6 Å². The van der Waals surface area contributed by atoms with Gasteiger partial charge in [0.05, 0.1) is 10.5 Å². The molecule has 1 saturated heterocycles. The topological polar surface area (TPSA) is 38.3 Å². The number of piperidine rings is 1. The van der Waals surface area contributed by atoms with Gasteiger partial charge in [-0.3, -0.25) is 4.79 Å². The highest BCUT2D eigenvalue weighted by Gasteiger charge is 2.47. The first-order chi connectivity index (χ1) is 12.3. The summed E-state index contributed by atoms with van der Waals surface area (Å²) in [4.78, 5) is 14.1. The summed E-state index contributed by atoms with van der Waals surface area (Å²) in [5, 5.41) is 4.52. The zero-order chi connectivity index (χ0) is 16.9. The molecule has 2 aliphatic heterocycles. The first-order valence-electron chi connectivity index (χ1n) is 8.78. The second-order valence-corrected chi connectivity index (χ2v) is 7.93. The highest BCUT2D eigenvalue weighted by atomic mass is 32.1. The monoisotopic (exact) mass is 349 g/mol. The molecule has 1 atom stereocenters. The van der Waals surface area contributed by atoms with E-state index in [4.69, 9.17) is 4.74 Å². The van der Waals surface area contributed by atoms with Gasteiger partial charge in [-0.15, -0.1) is 11.3 Å². The van der Waals surface area contributed by atoms with E-state index in [1.165, 1.54) is 5.56 Å². The van der Waals surface area contributed by atoms with Gasteiger partial charge < -0.3 is 10.1 Å². The van der Waals surface area contributed by atoms with E-state index in [0.29, 0.717) is 0 Å². The molecule has 0 saturated carbocycles. The summed E-state index contributed by atoms with van der Waals surface area (Å²) in [6.07, 6.45) is 1.35. The average molecular weight is 349 g/mol. The summed E-state index contributed by atoms with van der Waals surface area (Å²) in [7, 11) is 0. The molecule has 126 valence electrons. The van der Waals surface area contributed by atoms with Crippen LogP contribution in [0.5, 0.6) is 0 Å². The molecule has 3 aromatic rings. The third-order valence-corrected chi connectivity index (χ3v) is 6.53. The van der Waals surface area contributed by atoms with Crippen molar-refractivity contribution in [3.8, 4) is 0 Å². The molecule has 5 rings (SSSR count). The largest absolute Gasteiger partial charge is 0.354 e. The van der Waals surface area contributed by atoms with Crippen molar-refractivity contribution in [2.45, 2.75) is 24.5 Å². The number of hydrogen-bond acceptors (Lipinski definition) is 4. The van der Waals surface area contributed by atoms with E-state index < -0.39 is 6.10 Å². The van der Waals surface area contributed by atoms with E-state index in [-0.39, 0.29) is 11.4 Å². The second kappa shape index (κ2) is 5.77. The predicted molar refractivity (Wildman–Crippen MR) is 100 cm³/mol. The molecular formula is C21H19NO2S. The van der Waals surface area contributed by atoms with E-state index in [2.05, 4.69) is 35.6 Å². The van der Waals surface area contributed by atoms with E-state index >= 15 is 0 Å². The fraction of sp³-hybridized carbons (Fsp3) is 0.286. The van der Waals surface area contributed by atoms with Crippen LogP contribution in [0.2, 0.25) is 0 Å². The number of ether oxygens (including phenoxy) is 1. The summed E-state index contributed by atoms with van der Waals surface area (Å²) in [6, 6.07) is 18.4. The molecule has 2 aromatic carbocycles. The third kappa shape index (κ3) is 2.36. The molecular weight excluding hydrogens is 330 g/mol. The molecule has 0 unspecified atom stereocenters. The van der Waals surface area contributed by atoms with Crippen LogP contribution in [0.4, 0.5) is 0 Å². The van der Waals surface area contributed by atoms with E-state index in [9.17, 15) is 4.79 Å². The van der Waals surface area contributed by atoms with Crippen molar-refractivity contribution in [1.82, 2.24) is 5.32 Å². The van der Waals surface area contributed by atoms with Crippen molar-refractivity contribution in [3.63, 3.8) is 0 Å². The molecule has 2 aliphatic rings. The summed E-state index contributed by atoms with van der Waals surface area (Å²) in [6.45, 7) is 1.86. The number of hydrogen-bond donors (Lipinski definition) is 1. The van der Waals surface area contributed by atoms with Gasteiger partial charge in [0, 0.05) is 4.70 Å².